The van der Waals surface area contributed by atoms with Crippen LogP contribution in [-0.2, 0) is 14.8 Å². The van der Waals surface area contributed by atoms with Gasteiger partial charge in [0, 0.05) is 0 Å². The van der Waals surface area contributed by atoms with E-state index in [1.54, 1.807) is 12.1 Å². The van der Waals surface area contributed by atoms with Crippen molar-refractivity contribution in [2.45, 2.75) is 24.8 Å². The third-order valence-corrected chi connectivity index (χ3v) is 4.20. The highest BCUT2D eigenvalue weighted by atomic mass is 32.2. The van der Waals surface area contributed by atoms with Crippen molar-refractivity contribution in [3.63, 3.8) is 0 Å². The highest BCUT2D eigenvalue weighted by Crippen LogP contribution is 2.20. The Morgan fingerprint density at radius 2 is 1.84 bits per heavy atom. The van der Waals surface area contributed by atoms with Crippen molar-refractivity contribution >= 4 is 21.6 Å². The van der Waals surface area contributed by atoms with Crippen LogP contribution in [0, 0.1) is 5.92 Å². The Bertz CT molecular complexity index is 555. The molecule has 0 heterocycles. The Labute approximate surface area is 113 Å². The minimum Gasteiger partial charge on any atom is -0.324 e. The molecule has 0 aromatic heterocycles. The molecule has 1 amide bonds. The zero-order chi connectivity index (χ0) is 14.6. The van der Waals surface area contributed by atoms with Crippen LogP contribution in [-0.4, -0.2) is 27.4 Å². The maximum absolute atomic E-state index is 11.9. The van der Waals surface area contributed by atoms with Crippen LogP contribution in [0.1, 0.15) is 13.8 Å². The molecule has 0 unspecified atom stereocenters. The lowest BCUT2D eigenvalue weighted by atomic mass is 10.1. The first-order chi connectivity index (χ1) is 8.79. The van der Waals surface area contributed by atoms with Crippen LogP contribution in [0.2, 0.25) is 0 Å². The van der Waals surface area contributed by atoms with Gasteiger partial charge in [-0.3, -0.25) is 4.79 Å². The van der Waals surface area contributed by atoms with E-state index in [9.17, 15) is 13.2 Å². The van der Waals surface area contributed by atoms with E-state index in [1.807, 2.05) is 13.8 Å². The van der Waals surface area contributed by atoms with Crippen molar-refractivity contribution in [3.05, 3.63) is 24.3 Å². The fourth-order valence-corrected chi connectivity index (χ4v) is 2.32. The fourth-order valence-electron chi connectivity index (χ4n) is 1.43. The summed E-state index contributed by atoms with van der Waals surface area (Å²) in [7, 11) is -2.31. The normalized spacial score (nSPS) is 13.3. The molecule has 0 spiro atoms. The topological polar surface area (TPSA) is 101 Å². The Morgan fingerprint density at radius 1 is 1.26 bits per heavy atom. The average Bonchev–Trinajstić information content (AvgIpc) is 2.38. The van der Waals surface area contributed by atoms with Gasteiger partial charge < -0.3 is 11.1 Å². The van der Waals surface area contributed by atoms with Gasteiger partial charge in [0.1, 0.15) is 4.90 Å². The second-order valence-electron chi connectivity index (χ2n) is 4.46. The molecule has 0 saturated carbocycles. The summed E-state index contributed by atoms with van der Waals surface area (Å²) >= 11 is 0. The Balaban J connectivity index is 3.07. The number of carbonyl (C=O) groups is 1. The lowest BCUT2D eigenvalue weighted by Gasteiger charge is -2.17. The van der Waals surface area contributed by atoms with Crippen molar-refractivity contribution in [3.8, 4) is 0 Å². The number of nitrogens with two attached hydrogens (primary N) is 1. The molecule has 7 heteroatoms. The van der Waals surface area contributed by atoms with E-state index in [1.165, 1.54) is 19.2 Å². The van der Waals surface area contributed by atoms with Crippen LogP contribution in [0.5, 0.6) is 0 Å². The number of hydrogen-bond acceptors (Lipinski definition) is 4. The Kier molecular flexibility index (Phi) is 5.04. The number of amides is 1. The average molecular weight is 285 g/mol. The molecule has 0 fully saturated rings. The number of rotatable bonds is 5. The predicted octanol–water partition coefficient (Wildman–Crippen LogP) is 0.516. The molecule has 0 radical (unpaired) electrons. The van der Waals surface area contributed by atoms with E-state index in [4.69, 9.17) is 5.73 Å². The monoisotopic (exact) mass is 285 g/mol. The largest absolute Gasteiger partial charge is 0.324 e. The number of benzene rings is 1. The van der Waals surface area contributed by atoms with E-state index < -0.39 is 22.0 Å². The molecule has 0 aliphatic rings. The molecule has 19 heavy (non-hydrogen) atoms. The molecule has 1 aromatic carbocycles. The smallest absolute Gasteiger partial charge is 0.242 e. The second-order valence-corrected chi connectivity index (χ2v) is 6.32. The van der Waals surface area contributed by atoms with Crippen LogP contribution < -0.4 is 15.8 Å². The summed E-state index contributed by atoms with van der Waals surface area (Å²) in [4.78, 5) is 11.9. The van der Waals surface area contributed by atoms with Crippen molar-refractivity contribution < 1.29 is 13.2 Å². The molecule has 6 nitrogen and oxygen atoms in total. The summed E-state index contributed by atoms with van der Waals surface area (Å²) in [5, 5.41) is 2.55. The Hall–Kier alpha value is -1.44. The first-order valence-electron chi connectivity index (χ1n) is 5.88. The molecule has 1 rings (SSSR count). The Morgan fingerprint density at radius 3 is 2.37 bits per heavy atom. The standard InChI is InChI=1S/C12H19N3O3S/c1-8(2)11(13)12(16)15-9-6-4-5-7-10(9)19(17,18)14-3/h4-8,11,14H,13H2,1-3H3,(H,15,16)/t11-/m1/s1. The van der Waals surface area contributed by atoms with E-state index in [0.29, 0.717) is 0 Å². The van der Waals surface area contributed by atoms with Crippen molar-refractivity contribution in [2.24, 2.45) is 11.7 Å². The molecule has 1 aromatic rings. The maximum Gasteiger partial charge on any atom is 0.242 e. The van der Waals surface area contributed by atoms with E-state index in [2.05, 4.69) is 10.0 Å². The van der Waals surface area contributed by atoms with Gasteiger partial charge in [-0.05, 0) is 25.1 Å². The molecule has 0 bridgehead atoms. The van der Waals surface area contributed by atoms with Gasteiger partial charge in [0.25, 0.3) is 0 Å². The molecular formula is C12H19N3O3S. The molecular weight excluding hydrogens is 266 g/mol. The zero-order valence-corrected chi connectivity index (χ0v) is 12.0. The van der Waals surface area contributed by atoms with Gasteiger partial charge in [-0.1, -0.05) is 26.0 Å². The SMILES string of the molecule is CNS(=O)(=O)c1ccccc1NC(=O)[C@H](N)C(C)C. The van der Waals surface area contributed by atoms with Gasteiger partial charge in [-0.2, -0.15) is 0 Å². The number of carbonyl (C=O) groups excluding carboxylic acids is 1. The lowest BCUT2D eigenvalue weighted by molar-refractivity contribution is -0.118. The first-order valence-corrected chi connectivity index (χ1v) is 7.37. The van der Waals surface area contributed by atoms with E-state index in [0.717, 1.165) is 0 Å². The summed E-state index contributed by atoms with van der Waals surface area (Å²) in [6.45, 7) is 3.64. The van der Waals surface area contributed by atoms with Gasteiger partial charge in [-0.25, -0.2) is 13.1 Å². The van der Waals surface area contributed by atoms with Gasteiger partial charge in [0.2, 0.25) is 15.9 Å². The zero-order valence-electron chi connectivity index (χ0n) is 11.2. The molecule has 0 aliphatic carbocycles. The number of hydrogen-bond donors (Lipinski definition) is 3. The minimum absolute atomic E-state index is 0.0156. The third kappa shape index (κ3) is 3.76. The quantitative estimate of drug-likeness (QED) is 0.734. The summed E-state index contributed by atoms with van der Waals surface area (Å²) in [5.74, 6) is -0.443. The van der Waals surface area contributed by atoms with Crippen molar-refractivity contribution in [2.75, 3.05) is 12.4 Å². The van der Waals surface area contributed by atoms with E-state index in [-0.39, 0.29) is 16.5 Å². The van der Waals surface area contributed by atoms with Crippen LogP contribution in [0.3, 0.4) is 0 Å². The second kappa shape index (κ2) is 6.14. The highest BCUT2D eigenvalue weighted by Gasteiger charge is 2.21. The van der Waals surface area contributed by atoms with Crippen LogP contribution in [0.25, 0.3) is 0 Å². The summed E-state index contributed by atoms with van der Waals surface area (Å²) in [5.41, 5.74) is 5.94. The van der Waals surface area contributed by atoms with E-state index >= 15 is 0 Å². The van der Waals surface area contributed by atoms with Crippen molar-refractivity contribution in [1.82, 2.24) is 4.72 Å². The molecule has 1 atom stereocenters. The van der Waals surface area contributed by atoms with Gasteiger partial charge in [0.05, 0.1) is 11.7 Å². The van der Waals surface area contributed by atoms with Crippen LogP contribution in [0.15, 0.2) is 29.2 Å². The molecule has 0 saturated heterocycles. The summed E-state index contributed by atoms with van der Waals surface area (Å²) in [6.07, 6.45) is 0. The highest BCUT2D eigenvalue weighted by molar-refractivity contribution is 7.89. The lowest BCUT2D eigenvalue weighted by Crippen LogP contribution is -2.40. The summed E-state index contributed by atoms with van der Waals surface area (Å²) < 4.78 is 25.8. The van der Waals surface area contributed by atoms with Crippen LogP contribution >= 0.6 is 0 Å². The van der Waals surface area contributed by atoms with Crippen molar-refractivity contribution in [1.29, 1.82) is 0 Å². The molecule has 4 N–H and O–H groups in total. The van der Waals surface area contributed by atoms with Gasteiger partial charge in [0.15, 0.2) is 0 Å². The minimum atomic E-state index is -3.63. The van der Waals surface area contributed by atoms with Gasteiger partial charge in [-0.15, -0.1) is 0 Å². The first kappa shape index (κ1) is 15.6. The maximum atomic E-state index is 11.9. The van der Waals surface area contributed by atoms with Gasteiger partial charge >= 0.3 is 0 Å². The molecule has 0 aliphatic heterocycles. The fraction of sp³-hybridized carbons (Fsp3) is 0.417. The number of sulfonamides is 1. The van der Waals surface area contributed by atoms with Crippen LogP contribution in [0.4, 0.5) is 5.69 Å². The number of nitrogens with one attached hydrogen (secondary N) is 2. The summed E-state index contributed by atoms with van der Waals surface area (Å²) in [6, 6.07) is 5.48. The predicted molar refractivity (Wildman–Crippen MR) is 74.1 cm³/mol. The number of para-hydroxylation sites is 1. The third-order valence-electron chi connectivity index (χ3n) is 2.72. The number of anilines is 1. The molecule has 106 valence electrons.